The second-order valence-electron chi connectivity index (χ2n) is 6.90. The first-order valence-corrected chi connectivity index (χ1v) is 9.95. The zero-order valence-corrected chi connectivity index (χ0v) is 17.4. The van der Waals surface area contributed by atoms with Crippen LogP contribution in [0.5, 0.6) is 0 Å². The van der Waals surface area contributed by atoms with Gasteiger partial charge in [0, 0.05) is 44.5 Å². The molecule has 3 amide bonds. The van der Waals surface area contributed by atoms with Crippen molar-refractivity contribution in [3.05, 3.63) is 35.7 Å². The van der Waals surface area contributed by atoms with E-state index in [1.807, 2.05) is 0 Å². The molecule has 0 unspecified atom stereocenters. The van der Waals surface area contributed by atoms with Crippen molar-refractivity contribution in [1.29, 1.82) is 0 Å². The summed E-state index contributed by atoms with van der Waals surface area (Å²) in [7, 11) is 0. The summed E-state index contributed by atoms with van der Waals surface area (Å²) in [6.45, 7) is 0.901. The molecule has 1 fully saturated rings. The summed E-state index contributed by atoms with van der Waals surface area (Å²) in [6, 6.07) is 2.41. The highest BCUT2D eigenvalue weighted by Gasteiger charge is 2.25. The number of carbonyl (C=O) groups is 3. The SMILES string of the molecule is NCC(=O)NCC(=O)N1CCN(c2c(F)cc(-n3cc(CNC(=O)S)[nH]3)cc2F)CC1. The van der Waals surface area contributed by atoms with Crippen LogP contribution < -0.4 is 21.3 Å². The van der Waals surface area contributed by atoms with Gasteiger partial charge in [-0.1, -0.05) is 12.6 Å². The quantitative estimate of drug-likeness (QED) is 0.374. The van der Waals surface area contributed by atoms with Gasteiger partial charge in [-0.15, -0.1) is 0 Å². The number of aromatic nitrogens is 2. The molecule has 10 nitrogen and oxygen atoms in total. The Bertz CT molecular complexity index is 934. The molecule has 1 aliphatic rings. The Hall–Kier alpha value is -3.06. The molecule has 2 heterocycles. The van der Waals surface area contributed by atoms with Crippen molar-refractivity contribution in [2.45, 2.75) is 6.54 Å². The van der Waals surface area contributed by atoms with Gasteiger partial charge < -0.3 is 26.2 Å². The molecular formula is C18H23F2N7O3S. The van der Waals surface area contributed by atoms with E-state index in [1.54, 1.807) is 11.1 Å². The van der Waals surface area contributed by atoms with Crippen molar-refractivity contribution in [1.82, 2.24) is 25.3 Å². The van der Waals surface area contributed by atoms with Gasteiger partial charge in [-0.2, -0.15) is 0 Å². The highest BCUT2D eigenvalue weighted by molar-refractivity contribution is 7.96. The molecule has 0 bridgehead atoms. The number of amides is 3. The number of anilines is 1. The fourth-order valence-electron chi connectivity index (χ4n) is 3.23. The van der Waals surface area contributed by atoms with Crippen molar-refractivity contribution in [2.75, 3.05) is 44.2 Å². The maximum absolute atomic E-state index is 14.7. The lowest BCUT2D eigenvalue weighted by Crippen LogP contribution is -2.52. The van der Waals surface area contributed by atoms with E-state index < -0.39 is 22.8 Å². The second kappa shape index (κ2) is 9.83. The van der Waals surface area contributed by atoms with Crippen LogP contribution in [0.25, 0.3) is 5.69 Å². The molecule has 31 heavy (non-hydrogen) atoms. The molecule has 1 saturated heterocycles. The van der Waals surface area contributed by atoms with E-state index in [1.165, 1.54) is 21.7 Å². The van der Waals surface area contributed by atoms with Gasteiger partial charge in [-0.25, -0.2) is 8.78 Å². The fourth-order valence-corrected chi connectivity index (χ4v) is 3.31. The molecule has 1 aliphatic heterocycles. The van der Waals surface area contributed by atoms with Gasteiger partial charge in [-0.05, 0) is 0 Å². The highest BCUT2D eigenvalue weighted by atomic mass is 32.1. The molecule has 0 spiro atoms. The van der Waals surface area contributed by atoms with Gasteiger partial charge >= 0.3 is 0 Å². The van der Waals surface area contributed by atoms with Crippen molar-refractivity contribution in [3.8, 4) is 5.69 Å². The molecule has 2 aromatic rings. The Balaban J connectivity index is 1.60. The third kappa shape index (κ3) is 5.55. The van der Waals surface area contributed by atoms with E-state index in [0.29, 0.717) is 5.69 Å². The number of carbonyl (C=O) groups excluding carboxylic acids is 3. The molecule has 0 saturated carbocycles. The van der Waals surface area contributed by atoms with Gasteiger partial charge in [0.2, 0.25) is 11.8 Å². The Labute approximate surface area is 182 Å². The summed E-state index contributed by atoms with van der Waals surface area (Å²) < 4.78 is 30.8. The summed E-state index contributed by atoms with van der Waals surface area (Å²) in [5.41, 5.74) is 5.96. The number of aromatic amines is 1. The second-order valence-corrected chi connectivity index (χ2v) is 7.31. The first kappa shape index (κ1) is 22.6. The number of rotatable bonds is 7. The zero-order valence-electron chi connectivity index (χ0n) is 16.5. The minimum atomic E-state index is -0.725. The molecular weight excluding hydrogens is 432 g/mol. The normalized spacial score (nSPS) is 13.9. The predicted molar refractivity (Wildman–Crippen MR) is 112 cm³/mol. The third-order valence-electron chi connectivity index (χ3n) is 4.83. The maximum Gasteiger partial charge on any atom is 0.276 e. The van der Waals surface area contributed by atoms with Crippen LogP contribution in [0, 0.1) is 11.6 Å². The number of halogens is 2. The van der Waals surface area contributed by atoms with E-state index in [2.05, 4.69) is 28.4 Å². The number of nitrogens with one attached hydrogen (secondary N) is 3. The van der Waals surface area contributed by atoms with Crippen LogP contribution in [0.2, 0.25) is 0 Å². The smallest absolute Gasteiger partial charge is 0.276 e. The first-order valence-electron chi connectivity index (χ1n) is 9.50. The minimum absolute atomic E-state index is 0.153. The number of hydrogen-bond acceptors (Lipinski definition) is 5. The Kier molecular flexibility index (Phi) is 7.17. The molecule has 5 N–H and O–H groups in total. The monoisotopic (exact) mass is 455 g/mol. The van der Waals surface area contributed by atoms with Crippen LogP contribution in [-0.2, 0) is 16.1 Å². The summed E-state index contributed by atoms with van der Waals surface area (Å²) in [5.74, 6) is -2.16. The van der Waals surface area contributed by atoms with E-state index >= 15 is 0 Å². The molecule has 1 aromatic carbocycles. The lowest BCUT2D eigenvalue weighted by molar-refractivity contribution is -0.132. The van der Waals surface area contributed by atoms with Gasteiger partial charge in [-0.3, -0.25) is 24.2 Å². The van der Waals surface area contributed by atoms with Gasteiger partial charge in [0.1, 0.15) is 5.69 Å². The van der Waals surface area contributed by atoms with Crippen LogP contribution >= 0.6 is 12.6 Å². The number of hydrogen-bond donors (Lipinski definition) is 5. The van der Waals surface area contributed by atoms with E-state index in [9.17, 15) is 23.2 Å². The van der Waals surface area contributed by atoms with Crippen LogP contribution in [0.15, 0.2) is 18.3 Å². The Morgan fingerprint density at radius 1 is 1.10 bits per heavy atom. The van der Waals surface area contributed by atoms with Crippen molar-refractivity contribution in [2.24, 2.45) is 5.73 Å². The van der Waals surface area contributed by atoms with Gasteiger partial charge in [0.25, 0.3) is 5.24 Å². The molecule has 0 atom stereocenters. The Morgan fingerprint density at radius 2 is 1.71 bits per heavy atom. The van der Waals surface area contributed by atoms with E-state index in [-0.39, 0.29) is 63.1 Å². The standard InChI is InChI=1S/C18H23F2N7O3S/c19-13-5-12(27-10-11(24-27)8-23-18(30)31)6-14(20)17(13)26-3-1-25(2-4-26)16(29)9-22-15(28)7-21/h5-6,10,24H,1-4,7-9,21H2,(H,22,28)(H2,23,30,31). The molecule has 13 heteroatoms. The molecule has 3 rings (SSSR count). The summed E-state index contributed by atoms with van der Waals surface area (Å²) in [6.07, 6.45) is 1.60. The average molecular weight is 455 g/mol. The topological polar surface area (TPSA) is 128 Å². The number of thiol groups is 1. The highest BCUT2D eigenvalue weighted by Crippen LogP contribution is 2.27. The van der Waals surface area contributed by atoms with Crippen LogP contribution in [0.3, 0.4) is 0 Å². The average Bonchev–Trinajstić information content (AvgIpc) is 2.70. The Morgan fingerprint density at radius 3 is 2.26 bits per heavy atom. The predicted octanol–water partition coefficient (Wildman–Crippen LogP) is -0.0535. The molecule has 0 radical (unpaired) electrons. The molecule has 1 aromatic heterocycles. The number of benzene rings is 1. The molecule has 168 valence electrons. The van der Waals surface area contributed by atoms with Crippen molar-refractivity contribution in [3.63, 3.8) is 0 Å². The molecule has 0 aliphatic carbocycles. The van der Waals surface area contributed by atoms with E-state index in [0.717, 1.165) is 0 Å². The van der Waals surface area contributed by atoms with Crippen molar-refractivity contribution >= 4 is 35.4 Å². The van der Waals surface area contributed by atoms with E-state index in [4.69, 9.17) is 5.73 Å². The number of H-pyrrole nitrogens is 1. The zero-order chi connectivity index (χ0) is 22.5. The maximum atomic E-state index is 14.7. The van der Waals surface area contributed by atoms with Crippen LogP contribution in [0.4, 0.5) is 19.3 Å². The largest absolute Gasteiger partial charge is 0.363 e. The first-order chi connectivity index (χ1) is 14.8. The number of nitrogens with two attached hydrogens (primary N) is 1. The number of nitrogens with zero attached hydrogens (tertiary/aromatic N) is 3. The summed E-state index contributed by atoms with van der Waals surface area (Å²) >= 11 is 3.59. The van der Waals surface area contributed by atoms with Gasteiger partial charge in [0.05, 0.1) is 31.0 Å². The lowest BCUT2D eigenvalue weighted by Gasteiger charge is -2.36. The van der Waals surface area contributed by atoms with Crippen LogP contribution in [0.1, 0.15) is 5.69 Å². The summed E-state index contributed by atoms with van der Waals surface area (Å²) in [5, 5.41) is 7.27. The third-order valence-corrected chi connectivity index (χ3v) is 4.99. The van der Waals surface area contributed by atoms with Crippen LogP contribution in [-0.4, -0.2) is 71.0 Å². The lowest BCUT2D eigenvalue weighted by atomic mass is 10.2. The summed E-state index contributed by atoms with van der Waals surface area (Å²) in [4.78, 5) is 37.1. The van der Waals surface area contributed by atoms with Gasteiger partial charge in [0.15, 0.2) is 11.6 Å². The minimum Gasteiger partial charge on any atom is -0.363 e. The number of piperazine rings is 1. The van der Waals surface area contributed by atoms with Crippen molar-refractivity contribution < 1.29 is 23.2 Å². The fraction of sp³-hybridized carbons (Fsp3) is 0.389.